The summed E-state index contributed by atoms with van der Waals surface area (Å²) in [5, 5.41) is 3.72. The second-order valence-corrected chi connectivity index (χ2v) is 6.57. The van der Waals surface area contributed by atoms with Crippen molar-refractivity contribution in [2.45, 2.75) is 65.6 Å². The van der Waals surface area contributed by atoms with Crippen LogP contribution in [0.3, 0.4) is 0 Å². The van der Waals surface area contributed by atoms with Crippen LogP contribution in [0.25, 0.3) is 0 Å². The number of hydrogen-bond acceptors (Lipinski definition) is 2. The minimum atomic E-state index is -0.150. The predicted molar refractivity (Wildman–Crippen MR) is 79.5 cm³/mol. The van der Waals surface area contributed by atoms with Crippen LogP contribution >= 0.6 is 0 Å². The molecule has 0 aromatic carbocycles. The first-order chi connectivity index (χ1) is 8.33. The Labute approximate surface area is 114 Å². The summed E-state index contributed by atoms with van der Waals surface area (Å²) in [5.74, 6) is 4.30. The predicted octanol–water partition coefficient (Wildman–Crippen LogP) is 2.74. The molecule has 0 aromatic rings. The lowest BCUT2D eigenvalue weighted by Gasteiger charge is -2.49. The molecule has 1 rings (SSSR count). The van der Waals surface area contributed by atoms with Gasteiger partial charge in [-0.2, -0.15) is 0 Å². The van der Waals surface area contributed by atoms with Gasteiger partial charge < -0.3 is 5.32 Å². The Kier molecular flexibility index (Phi) is 5.25. The molecular weight excluding hydrogens is 220 g/mol. The zero-order valence-corrected chi connectivity index (χ0v) is 13.0. The number of nitrogens with zero attached hydrogens (tertiary/aromatic N) is 1. The van der Waals surface area contributed by atoms with Gasteiger partial charge in [-0.1, -0.05) is 40.0 Å². The van der Waals surface area contributed by atoms with Gasteiger partial charge in [0.25, 0.3) is 0 Å². The van der Waals surface area contributed by atoms with Crippen molar-refractivity contribution in [2.24, 2.45) is 11.8 Å². The van der Waals surface area contributed by atoms with Crippen molar-refractivity contribution in [2.75, 3.05) is 13.1 Å². The van der Waals surface area contributed by atoms with Gasteiger partial charge >= 0.3 is 0 Å². The molecule has 0 bridgehead atoms. The van der Waals surface area contributed by atoms with E-state index < -0.39 is 0 Å². The van der Waals surface area contributed by atoms with Gasteiger partial charge in [-0.25, -0.2) is 0 Å². The average molecular weight is 250 g/mol. The maximum absolute atomic E-state index is 5.74. The minimum Gasteiger partial charge on any atom is -0.311 e. The second-order valence-electron chi connectivity index (χ2n) is 6.57. The van der Waals surface area contributed by atoms with Crippen molar-refractivity contribution < 1.29 is 0 Å². The molecule has 0 aromatic heterocycles. The van der Waals surface area contributed by atoms with E-state index in [1.807, 2.05) is 0 Å². The van der Waals surface area contributed by atoms with E-state index in [2.05, 4.69) is 57.7 Å². The number of rotatable bonds is 4. The highest BCUT2D eigenvalue weighted by atomic mass is 15.3. The number of nitrogens with one attached hydrogen (secondary N) is 1. The molecule has 3 atom stereocenters. The van der Waals surface area contributed by atoms with Crippen LogP contribution in [0.2, 0.25) is 0 Å². The van der Waals surface area contributed by atoms with Gasteiger partial charge in [0.1, 0.15) is 0 Å². The normalized spacial score (nSPS) is 28.1. The lowest BCUT2D eigenvalue weighted by atomic mass is 9.88. The number of hydrogen-bond donors (Lipinski definition) is 1. The Balaban J connectivity index is 2.87. The lowest BCUT2D eigenvalue weighted by molar-refractivity contribution is 0.0278. The van der Waals surface area contributed by atoms with Crippen molar-refractivity contribution in [3.05, 3.63) is 0 Å². The van der Waals surface area contributed by atoms with E-state index in [0.29, 0.717) is 23.9 Å². The van der Waals surface area contributed by atoms with Crippen LogP contribution in [0.4, 0.5) is 0 Å². The Hall–Kier alpha value is -0.520. The molecule has 0 saturated carbocycles. The standard InChI is InChI=1S/C16H30N2/c1-8-13(5)14-11-18(16(6,7)9-2)15(10-17-14)12(3)4/h2,12-15,17H,8,10-11H2,1,3-7H3. The first-order valence-electron chi connectivity index (χ1n) is 7.31. The summed E-state index contributed by atoms with van der Waals surface area (Å²) in [5.41, 5.74) is -0.150. The van der Waals surface area contributed by atoms with Gasteiger partial charge in [0.05, 0.1) is 5.54 Å². The molecule has 3 unspecified atom stereocenters. The van der Waals surface area contributed by atoms with Crippen molar-refractivity contribution in [1.82, 2.24) is 10.2 Å². The molecule has 2 nitrogen and oxygen atoms in total. The Morgan fingerprint density at radius 3 is 2.44 bits per heavy atom. The fourth-order valence-corrected chi connectivity index (χ4v) is 2.78. The van der Waals surface area contributed by atoms with Gasteiger partial charge in [-0.3, -0.25) is 4.90 Å². The van der Waals surface area contributed by atoms with Crippen molar-refractivity contribution >= 4 is 0 Å². The summed E-state index contributed by atoms with van der Waals surface area (Å²) < 4.78 is 0. The van der Waals surface area contributed by atoms with Gasteiger partial charge in [0.15, 0.2) is 0 Å². The average Bonchev–Trinajstić information content (AvgIpc) is 2.36. The van der Waals surface area contributed by atoms with E-state index in [1.165, 1.54) is 6.42 Å². The molecule has 1 N–H and O–H groups in total. The third kappa shape index (κ3) is 3.28. The lowest BCUT2D eigenvalue weighted by Crippen LogP contribution is -2.65. The fraction of sp³-hybridized carbons (Fsp3) is 0.875. The molecular formula is C16H30N2. The minimum absolute atomic E-state index is 0.150. The smallest absolute Gasteiger partial charge is 0.0769 e. The van der Waals surface area contributed by atoms with E-state index in [1.54, 1.807) is 0 Å². The molecule has 0 amide bonds. The van der Waals surface area contributed by atoms with Crippen LogP contribution < -0.4 is 5.32 Å². The van der Waals surface area contributed by atoms with Crippen LogP contribution in [0.1, 0.15) is 48.0 Å². The topological polar surface area (TPSA) is 15.3 Å². The Morgan fingerprint density at radius 2 is 2.00 bits per heavy atom. The molecule has 1 saturated heterocycles. The highest BCUT2D eigenvalue weighted by Gasteiger charge is 2.38. The molecule has 1 aliphatic rings. The van der Waals surface area contributed by atoms with Crippen LogP contribution in [0.5, 0.6) is 0 Å². The van der Waals surface area contributed by atoms with E-state index in [4.69, 9.17) is 6.42 Å². The van der Waals surface area contributed by atoms with Crippen molar-refractivity contribution in [3.63, 3.8) is 0 Å². The molecule has 18 heavy (non-hydrogen) atoms. The van der Waals surface area contributed by atoms with E-state index in [9.17, 15) is 0 Å². The van der Waals surface area contributed by atoms with Crippen LogP contribution in [-0.4, -0.2) is 35.6 Å². The second kappa shape index (κ2) is 6.08. The van der Waals surface area contributed by atoms with Gasteiger partial charge in [-0.05, 0) is 25.7 Å². The molecule has 1 heterocycles. The maximum Gasteiger partial charge on any atom is 0.0769 e. The molecule has 1 fully saturated rings. The summed E-state index contributed by atoms with van der Waals surface area (Å²) in [6.45, 7) is 15.6. The third-order valence-electron chi connectivity index (χ3n) is 4.55. The maximum atomic E-state index is 5.74. The van der Waals surface area contributed by atoms with Crippen molar-refractivity contribution in [3.8, 4) is 12.3 Å². The van der Waals surface area contributed by atoms with Gasteiger partial charge in [0, 0.05) is 25.2 Å². The molecule has 1 aliphatic heterocycles. The Morgan fingerprint density at radius 1 is 1.39 bits per heavy atom. The quantitative estimate of drug-likeness (QED) is 0.772. The van der Waals surface area contributed by atoms with E-state index >= 15 is 0 Å². The van der Waals surface area contributed by atoms with E-state index in [0.717, 1.165) is 13.1 Å². The third-order valence-corrected chi connectivity index (χ3v) is 4.55. The number of terminal acetylenes is 1. The zero-order chi connectivity index (χ0) is 13.9. The first kappa shape index (κ1) is 15.5. The SMILES string of the molecule is C#CC(C)(C)N1CC(C(C)CC)NCC1C(C)C. The van der Waals surface area contributed by atoms with Crippen molar-refractivity contribution in [1.29, 1.82) is 0 Å². The first-order valence-corrected chi connectivity index (χ1v) is 7.31. The molecule has 0 aliphatic carbocycles. The fourth-order valence-electron chi connectivity index (χ4n) is 2.78. The highest BCUT2D eigenvalue weighted by molar-refractivity contribution is 5.12. The van der Waals surface area contributed by atoms with Crippen LogP contribution in [0.15, 0.2) is 0 Å². The van der Waals surface area contributed by atoms with E-state index in [-0.39, 0.29) is 5.54 Å². The summed E-state index contributed by atoms with van der Waals surface area (Å²) in [7, 11) is 0. The largest absolute Gasteiger partial charge is 0.311 e. The molecule has 104 valence electrons. The van der Waals surface area contributed by atoms with Gasteiger partial charge in [-0.15, -0.1) is 6.42 Å². The monoisotopic (exact) mass is 250 g/mol. The Bertz CT molecular complexity index is 301. The van der Waals surface area contributed by atoms with Crippen LogP contribution in [-0.2, 0) is 0 Å². The van der Waals surface area contributed by atoms with Crippen LogP contribution in [0, 0.1) is 24.2 Å². The molecule has 0 radical (unpaired) electrons. The summed E-state index contributed by atoms with van der Waals surface area (Å²) in [6.07, 6.45) is 6.96. The molecule has 2 heteroatoms. The summed E-state index contributed by atoms with van der Waals surface area (Å²) in [4.78, 5) is 2.53. The number of piperazine rings is 1. The zero-order valence-electron chi connectivity index (χ0n) is 13.0. The van der Waals surface area contributed by atoms with Gasteiger partial charge in [0.2, 0.25) is 0 Å². The summed E-state index contributed by atoms with van der Waals surface area (Å²) in [6, 6.07) is 1.11. The summed E-state index contributed by atoms with van der Waals surface area (Å²) >= 11 is 0. The molecule has 0 spiro atoms. The highest BCUT2D eigenvalue weighted by Crippen LogP contribution is 2.26.